The number of fused-ring (bicyclic) bond motifs is 1. The van der Waals surface area contributed by atoms with Gasteiger partial charge in [0.05, 0.1) is 17.2 Å². The number of ether oxygens (including phenoxy) is 1. The molecule has 1 aliphatic rings. The number of nitrogens with one attached hydrogen (secondary N) is 1. The van der Waals surface area contributed by atoms with E-state index in [-0.39, 0.29) is 0 Å². The van der Waals surface area contributed by atoms with Crippen molar-refractivity contribution in [2.24, 2.45) is 10.1 Å². The van der Waals surface area contributed by atoms with Gasteiger partial charge in [0.15, 0.2) is 5.84 Å². The van der Waals surface area contributed by atoms with Crippen molar-refractivity contribution in [1.29, 1.82) is 0 Å². The third-order valence-electron chi connectivity index (χ3n) is 3.73. The van der Waals surface area contributed by atoms with Gasteiger partial charge in [-0.1, -0.05) is 6.07 Å². The van der Waals surface area contributed by atoms with Crippen LogP contribution in [-0.2, 0) is 0 Å². The first-order valence-electron chi connectivity index (χ1n) is 7.99. The standard InChI is InChI=1S/C19H16N4OS/c1-2-24-14-7-8-16-15(11-14)18(13-5-3-9-20-12-13)22-23-19(21-16)17-6-4-10-25-17/h3-12H,2H2,1H3,(H,21,23). The molecular weight excluding hydrogens is 332 g/mol. The first-order chi connectivity index (χ1) is 12.3. The maximum atomic E-state index is 5.66. The Kier molecular flexibility index (Phi) is 4.26. The topological polar surface area (TPSA) is 58.9 Å². The minimum atomic E-state index is 0.611. The summed E-state index contributed by atoms with van der Waals surface area (Å²) >= 11 is 1.62. The molecule has 1 N–H and O–H groups in total. The number of benzene rings is 1. The molecule has 6 heteroatoms. The highest BCUT2D eigenvalue weighted by Gasteiger charge is 2.18. The number of thiophene rings is 1. The maximum absolute atomic E-state index is 5.66. The molecule has 0 fully saturated rings. The number of aliphatic imine (C=N–C) groups is 1. The van der Waals surface area contributed by atoms with Crippen LogP contribution in [0.4, 0.5) is 5.69 Å². The maximum Gasteiger partial charge on any atom is 0.164 e. The first-order valence-corrected chi connectivity index (χ1v) is 8.87. The SMILES string of the molecule is CCOc1ccc2c(c1)C(c1cccnc1)=NNC(c1cccs1)=N2. The molecule has 1 aromatic carbocycles. The third-order valence-corrected chi connectivity index (χ3v) is 4.61. The van der Waals surface area contributed by atoms with Crippen LogP contribution in [0, 0.1) is 0 Å². The Balaban J connectivity index is 1.87. The Morgan fingerprint density at radius 1 is 1.16 bits per heavy atom. The Morgan fingerprint density at radius 3 is 2.88 bits per heavy atom. The summed E-state index contributed by atoms with van der Waals surface area (Å²) in [5.74, 6) is 1.53. The highest BCUT2D eigenvalue weighted by atomic mass is 32.1. The van der Waals surface area contributed by atoms with Gasteiger partial charge in [-0.25, -0.2) is 4.99 Å². The van der Waals surface area contributed by atoms with Crippen LogP contribution in [-0.4, -0.2) is 23.1 Å². The monoisotopic (exact) mass is 348 g/mol. The molecule has 1 aliphatic heterocycles. The molecule has 0 spiro atoms. The summed E-state index contributed by atoms with van der Waals surface area (Å²) in [5, 5.41) is 6.64. The lowest BCUT2D eigenvalue weighted by Crippen LogP contribution is -2.18. The van der Waals surface area contributed by atoms with Crippen molar-refractivity contribution in [2.75, 3.05) is 6.61 Å². The fourth-order valence-electron chi connectivity index (χ4n) is 2.62. The van der Waals surface area contributed by atoms with Crippen molar-refractivity contribution in [3.8, 4) is 5.75 Å². The largest absolute Gasteiger partial charge is 0.494 e. The summed E-state index contributed by atoms with van der Waals surface area (Å²) in [6.45, 7) is 2.58. The second-order valence-electron chi connectivity index (χ2n) is 5.36. The number of hydrogen-bond donors (Lipinski definition) is 1. The predicted octanol–water partition coefficient (Wildman–Crippen LogP) is 3.98. The molecule has 3 aromatic rings. The number of hydrazone groups is 1. The summed E-state index contributed by atoms with van der Waals surface area (Å²) in [5.41, 5.74) is 6.59. The van der Waals surface area contributed by atoms with Gasteiger partial charge in [0.1, 0.15) is 11.5 Å². The van der Waals surface area contributed by atoms with E-state index in [1.54, 1.807) is 23.7 Å². The molecule has 2 aromatic heterocycles. The summed E-state index contributed by atoms with van der Waals surface area (Å²) in [7, 11) is 0. The van der Waals surface area contributed by atoms with Crippen LogP contribution in [0.2, 0.25) is 0 Å². The van der Waals surface area contributed by atoms with E-state index in [2.05, 4.69) is 15.5 Å². The van der Waals surface area contributed by atoms with E-state index in [9.17, 15) is 0 Å². The van der Waals surface area contributed by atoms with Crippen molar-refractivity contribution in [2.45, 2.75) is 6.92 Å². The van der Waals surface area contributed by atoms with Crippen molar-refractivity contribution in [1.82, 2.24) is 10.4 Å². The van der Waals surface area contributed by atoms with E-state index in [0.717, 1.165) is 39.0 Å². The van der Waals surface area contributed by atoms with E-state index < -0.39 is 0 Å². The quantitative estimate of drug-likeness (QED) is 0.776. The van der Waals surface area contributed by atoms with Crippen LogP contribution < -0.4 is 10.2 Å². The normalized spacial score (nSPS) is 13.2. The Labute approximate surface area is 149 Å². The zero-order chi connectivity index (χ0) is 17.1. The molecule has 0 atom stereocenters. The fourth-order valence-corrected chi connectivity index (χ4v) is 3.28. The highest BCUT2D eigenvalue weighted by molar-refractivity contribution is 7.12. The van der Waals surface area contributed by atoms with Crippen molar-refractivity contribution < 1.29 is 4.74 Å². The van der Waals surface area contributed by atoms with Crippen LogP contribution >= 0.6 is 11.3 Å². The molecule has 5 nitrogen and oxygen atoms in total. The lowest BCUT2D eigenvalue weighted by Gasteiger charge is -2.10. The lowest BCUT2D eigenvalue weighted by molar-refractivity contribution is 0.340. The molecule has 0 saturated heterocycles. The summed E-state index contributed by atoms with van der Waals surface area (Å²) in [4.78, 5) is 10.0. The zero-order valence-corrected chi connectivity index (χ0v) is 14.5. The molecule has 0 unspecified atom stereocenters. The van der Waals surface area contributed by atoms with Crippen LogP contribution in [0.3, 0.4) is 0 Å². The smallest absolute Gasteiger partial charge is 0.164 e. The number of nitrogens with zero attached hydrogens (tertiary/aromatic N) is 3. The number of amidine groups is 1. The van der Waals surface area contributed by atoms with Gasteiger partial charge in [-0.2, -0.15) is 5.10 Å². The molecule has 124 valence electrons. The third kappa shape index (κ3) is 3.16. The van der Waals surface area contributed by atoms with Gasteiger partial charge in [0.2, 0.25) is 0 Å². The molecule has 0 amide bonds. The summed E-state index contributed by atoms with van der Waals surface area (Å²) < 4.78 is 5.66. The second-order valence-corrected chi connectivity index (χ2v) is 6.31. The lowest BCUT2D eigenvalue weighted by atomic mass is 10.0. The number of hydrogen-bond acceptors (Lipinski definition) is 6. The van der Waals surface area contributed by atoms with E-state index in [1.807, 2.05) is 54.8 Å². The summed E-state index contributed by atoms with van der Waals surface area (Å²) in [6.07, 6.45) is 3.55. The average Bonchev–Trinajstić information content (AvgIpc) is 3.11. The van der Waals surface area contributed by atoms with Crippen LogP contribution in [0.25, 0.3) is 0 Å². The highest BCUT2D eigenvalue weighted by Crippen LogP contribution is 2.29. The van der Waals surface area contributed by atoms with Crippen LogP contribution in [0.1, 0.15) is 22.9 Å². The first kappa shape index (κ1) is 15.5. The van der Waals surface area contributed by atoms with Gasteiger partial charge in [-0.15, -0.1) is 11.3 Å². The molecule has 4 rings (SSSR count). The van der Waals surface area contributed by atoms with Gasteiger partial charge in [0.25, 0.3) is 0 Å². The zero-order valence-electron chi connectivity index (χ0n) is 13.6. The Hall–Kier alpha value is -2.99. The van der Waals surface area contributed by atoms with E-state index in [4.69, 9.17) is 9.73 Å². The van der Waals surface area contributed by atoms with Crippen molar-refractivity contribution >= 4 is 28.6 Å². The van der Waals surface area contributed by atoms with Crippen molar-refractivity contribution in [3.63, 3.8) is 0 Å². The van der Waals surface area contributed by atoms with E-state index >= 15 is 0 Å². The predicted molar refractivity (Wildman–Crippen MR) is 101 cm³/mol. The molecule has 0 bridgehead atoms. The Morgan fingerprint density at radius 2 is 2.12 bits per heavy atom. The molecule has 25 heavy (non-hydrogen) atoms. The number of pyridine rings is 1. The van der Waals surface area contributed by atoms with E-state index in [0.29, 0.717) is 6.61 Å². The van der Waals surface area contributed by atoms with Crippen LogP contribution in [0.5, 0.6) is 5.75 Å². The summed E-state index contributed by atoms with van der Waals surface area (Å²) in [6, 6.07) is 13.8. The van der Waals surface area contributed by atoms with Crippen LogP contribution in [0.15, 0.2) is 70.3 Å². The fraction of sp³-hybridized carbons (Fsp3) is 0.105. The van der Waals surface area contributed by atoms with Gasteiger partial charge in [-0.05, 0) is 48.7 Å². The number of aromatic nitrogens is 1. The van der Waals surface area contributed by atoms with Gasteiger partial charge < -0.3 is 4.74 Å². The van der Waals surface area contributed by atoms with Gasteiger partial charge in [0, 0.05) is 23.5 Å². The average molecular weight is 348 g/mol. The molecule has 0 aliphatic carbocycles. The van der Waals surface area contributed by atoms with Crippen molar-refractivity contribution in [3.05, 3.63) is 76.2 Å². The molecule has 0 radical (unpaired) electrons. The molecule has 3 heterocycles. The Bertz CT molecular complexity index is 933. The second kappa shape index (κ2) is 6.86. The van der Waals surface area contributed by atoms with Gasteiger partial charge >= 0.3 is 0 Å². The van der Waals surface area contributed by atoms with Gasteiger partial charge in [-0.3, -0.25) is 10.4 Å². The minimum absolute atomic E-state index is 0.611. The molecule has 0 saturated carbocycles. The minimum Gasteiger partial charge on any atom is -0.494 e. The van der Waals surface area contributed by atoms with E-state index in [1.165, 1.54) is 0 Å². The molecular formula is C19H16N4OS. The number of rotatable bonds is 4.